The van der Waals surface area contributed by atoms with Gasteiger partial charge in [-0.2, -0.15) is 0 Å². The Balaban J connectivity index is 1.43. The second kappa shape index (κ2) is 5.11. The molecule has 3 aliphatic rings. The van der Waals surface area contributed by atoms with Gasteiger partial charge in [0.25, 0.3) is 0 Å². The first-order valence-electron chi connectivity index (χ1n) is 6.96. The van der Waals surface area contributed by atoms with Crippen molar-refractivity contribution >= 4 is 22.8 Å². The molecule has 4 nitrogen and oxygen atoms in total. The van der Waals surface area contributed by atoms with Gasteiger partial charge in [0.2, 0.25) is 5.91 Å². The number of amides is 1. The fourth-order valence-corrected chi connectivity index (χ4v) is 3.90. The van der Waals surface area contributed by atoms with Crippen LogP contribution in [0.15, 0.2) is 4.99 Å². The fraction of sp³-hybridized carbons (Fsp3) is 0.846. The average Bonchev–Trinajstić information content (AvgIpc) is 3.08. The van der Waals surface area contributed by atoms with E-state index in [4.69, 9.17) is 0 Å². The highest BCUT2D eigenvalue weighted by Gasteiger charge is 2.36. The molecule has 2 saturated carbocycles. The molecule has 0 aromatic heterocycles. The van der Waals surface area contributed by atoms with E-state index in [1.807, 2.05) is 0 Å². The first-order valence-corrected chi connectivity index (χ1v) is 7.95. The van der Waals surface area contributed by atoms with E-state index in [9.17, 15) is 4.79 Å². The summed E-state index contributed by atoms with van der Waals surface area (Å²) in [4.78, 5) is 16.2. The van der Waals surface area contributed by atoms with Crippen molar-refractivity contribution < 1.29 is 4.79 Å². The highest BCUT2D eigenvalue weighted by atomic mass is 32.2. The van der Waals surface area contributed by atoms with E-state index in [-0.39, 0.29) is 5.91 Å². The van der Waals surface area contributed by atoms with E-state index in [2.05, 4.69) is 15.6 Å². The topological polar surface area (TPSA) is 53.5 Å². The molecule has 2 N–H and O–H groups in total. The number of carbonyl (C=O) groups excluding carboxylic acids is 1. The summed E-state index contributed by atoms with van der Waals surface area (Å²) >= 11 is 1.79. The molecule has 3 rings (SSSR count). The van der Waals surface area contributed by atoms with Crippen LogP contribution in [0.3, 0.4) is 0 Å². The van der Waals surface area contributed by atoms with Crippen molar-refractivity contribution in [1.29, 1.82) is 0 Å². The minimum absolute atomic E-state index is 0.0990. The van der Waals surface area contributed by atoms with Crippen LogP contribution >= 0.6 is 11.8 Å². The highest BCUT2D eigenvalue weighted by molar-refractivity contribution is 8.13. The van der Waals surface area contributed by atoms with Crippen molar-refractivity contribution in [2.24, 2.45) is 10.4 Å². The number of hydrogen-bond acceptors (Lipinski definition) is 4. The van der Waals surface area contributed by atoms with Crippen LogP contribution in [0.5, 0.6) is 0 Å². The molecular formula is C13H21N3OS. The number of nitrogens with zero attached hydrogens (tertiary/aromatic N) is 1. The lowest BCUT2D eigenvalue weighted by Gasteiger charge is -2.30. The normalized spacial score (nSPS) is 25.9. The third-order valence-corrected chi connectivity index (χ3v) is 5.38. The molecule has 1 spiro atoms. The standard InChI is InChI=1S/C13H21N3OS/c17-11(16-10-3-4-10)7-14-12-15-8-13(9-18-12)5-1-2-6-13/h10H,1-9H2,(H,14,15)(H,16,17). The van der Waals surface area contributed by atoms with Gasteiger partial charge < -0.3 is 10.6 Å². The molecule has 0 bridgehead atoms. The third kappa shape index (κ3) is 2.99. The van der Waals surface area contributed by atoms with E-state index >= 15 is 0 Å². The molecule has 0 aromatic rings. The van der Waals surface area contributed by atoms with Gasteiger partial charge in [0.1, 0.15) is 0 Å². The van der Waals surface area contributed by atoms with Crippen molar-refractivity contribution in [2.45, 2.75) is 44.6 Å². The number of nitrogens with one attached hydrogen (secondary N) is 2. The minimum atomic E-state index is 0.0990. The number of hydrogen-bond donors (Lipinski definition) is 2. The molecule has 0 atom stereocenters. The maximum absolute atomic E-state index is 11.5. The third-order valence-electron chi connectivity index (χ3n) is 4.08. The van der Waals surface area contributed by atoms with Crippen LogP contribution in [0.1, 0.15) is 38.5 Å². The Labute approximate surface area is 112 Å². The summed E-state index contributed by atoms with van der Waals surface area (Å²) in [6, 6.07) is 0.446. The molecule has 18 heavy (non-hydrogen) atoms. The van der Waals surface area contributed by atoms with Gasteiger partial charge in [0.05, 0.1) is 6.54 Å². The van der Waals surface area contributed by atoms with Crippen LogP contribution in [0.25, 0.3) is 0 Å². The van der Waals surface area contributed by atoms with Crippen molar-refractivity contribution in [1.82, 2.24) is 10.6 Å². The SMILES string of the molecule is O=C(CNC1=NCC2(CCCC2)CS1)NC1CC1. The molecular weight excluding hydrogens is 246 g/mol. The summed E-state index contributed by atoms with van der Waals surface area (Å²) in [7, 11) is 0. The quantitative estimate of drug-likeness (QED) is 0.815. The van der Waals surface area contributed by atoms with Crippen molar-refractivity contribution in [3.05, 3.63) is 0 Å². The molecule has 2 aliphatic carbocycles. The van der Waals surface area contributed by atoms with Crippen LogP contribution in [0.4, 0.5) is 0 Å². The predicted molar refractivity (Wildman–Crippen MR) is 74.8 cm³/mol. The van der Waals surface area contributed by atoms with E-state index in [1.54, 1.807) is 11.8 Å². The Bertz CT molecular complexity index is 359. The fourth-order valence-electron chi connectivity index (χ4n) is 2.75. The lowest BCUT2D eigenvalue weighted by molar-refractivity contribution is -0.120. The van der Waals surface area contributed by atoms with E-state index in [0.717, 1.165) is 24.6 Å². The summed E-state index contributed by atoms with van der Waals surface area (Å²) in [5.41, 5.74) is 0.478. The van der Waals surface area contributed by atoms with Crippen LogP contribution in [-0.4, -0.2) is 36.0 Å². The molecule has 1 aliphatic heterocycles. The molecule has 1 heterocycles. The minimum Gasteiger partial charge on any atom is -0.356 e. The second-order valence-corrected chi connectivity index (χ2v) is 6.78. The van der Waals surface area contributed by atoms with Crippen LogP contribution in [0, 0.1) is 5.41 Å². The lowest BCUT2D eigenvalue weighted by atomic mass is 9.89. The van der Waals surface area contributed by atoms with Crippen molar-refractivity contribution in [3.8, 4) is 0 Å². The smallest absolute Gasteiger partial charge is 0.239 e. The van der Waals surface area contributed by atoms with E-state index in [1.165, 1.54) is 31.4 Å². The first-order chi connectivity index (χ1) is 8.76. The molecule has 0 aromatic carbocycles. The molecule has 0 saturated heterocycles. The summed E-state index contributed by atoms with van der Waals surface area (Å²) < 4.78 is 0. The number of carbonyl (C=O) groups is 1. The maximum atomic E-state index is 11.5. The summed E-state index contributed by atoms with van der Waals surface area (Å²) in [5.74, 6) is 1.27. The molecule has 0 unspecified atom stereocenters. The van der Waals surface area contributed by atoms with Crippen LogP contribution in [-0.2, 0) is 4.79 Å². The predicted octanol–water partition coefficient (Wildman–Crippen LogP) is 1.52. The molecule has 100 valence electrons. The van der Waals surface area contributed by atoms with Gasteiger partial charge in [-0.1, -0.05) is 24.6 Å². The Morgan fingerprint density at radius 2 is 2.17 bits per heavy atom. The first kappa shape index (κ1) is 12.3. The Morgan fingerprint density at radius 1 is 1.39 bits per heavy atom. The average molecular weight is 267 g/mol. The van der Waals surface area contributed by atoms with Crippen LogP contribution in [0.2, 0.25) is 0 Å². The zero-order valence-corrected chi connectivity index (χ0v) is 11.5. The van der Waals surface area contributed by atoms with Gasteiger partial charge >= 0.3 is 0 Å². The van der Waals surface area contributed by atoms with Gasteiger partial charge in [0, 0.05) is 18.3 Å². The van der Waals surface area contributed by atoms with Gasteiger partial charge in [0.15, 0.2) is 5.17 Å². The number of amidine groups is 1. The molecule has 5 heteroatoms. The van der Waals surface area contributed by atoms with Gasteiger partial charge in [-0.3, -0.25) is 9.79 Å². The monoisotopic (exact) mass is 267 g/mol. The zero-order chi connectivity index (χ0) is 12.4. The molecule has 1 amide bonds. The number of thioether (sulfide) groups is 1. The Hall–Kier alpha value is -0.710. The summed E-state index contributed by atoms with van der Waals surface area (Å²) in [6.45, 7) is 1.32. The molecule has 0 radical (unpaired) electrons. The second-order valence-electron chi connectivity index (χ2n) is 5.81. The van der Waals surface area contributed by atoms with Gasteiger partial charge in [-0.15, -0.1) is 0 Å². The highest BCUT2D eigenvalue weighted by Crippen LogP contribution is 2.43. The zero-order valence-electron chi connectivity index (χ0n) is 10.7. The largest absolute Gasteiger partial charge is 0.356 e. The van der Waals surface area contributed by atoms with E-state index in [0.29, 0.717) is 18.0 Å². The van der Waals surface area contributed by atoms with Gasteiger partial charge in [-0.05, 0) is 31.1 Å². The maximum Gasteiger partial charge on any atom is 0.239 e. The summed E-state index contributed by atoms with van der Waals surface area (Å²) in [6.07, 6.45) is 7.68. The van der Waals surface area contributed by atoms with E-state index < -0.39 is 0 Å². The van der Waals surface area contributed by atoms with Crippen molar-refractivity contribution in [2.75, 3.05) is 18.8 Å². The summed E-state index contributed by atoms with van der Waals surface area (Å²) in [5, 5.41) is 7.10. The lowest BCUT2D eigenvalue weighted by Crippen LogP contribution is -2.39. The number of rotatable bonds is 3. The Kier molecular flexibility index (Phi) is 3.50. The molecule has 2 fully saturated rings. The van der Waals surface area contributed by atoms with Crippen molar-refractivity contribution in [3.63, 3.8) is 0 Å². The number of aliphatic imine (C=N–C) groups is 1. The van der Waals surface area contributed by atoms with Crippen LogP contribution < -0.4 is 10.6 Å². The van der Waals surface area contributed by atoms with Gasteiger partial charge in [-0.25, -0.2) is 0 Å². The Morgan fingerprint density at radius 3 is 2.78 bits per heavy atom.